The van der Waals surface area contributed by atoms with E-state index in [0.29, 0.717) is 12.6 Å². The minimum absolute atomic E-state index is 0.329. The Hall–Kier alpha value is -1.06. The van der Waals surface area contributed by atoms with Crippen LogP contribution in [0.4, 0.5) is 0 Å². The number of hydrogen-bond acceptors (Lipinski definition) is 3. The smallest absolute Gasteiger partial charge is 0.122 e. The van der Waals surface area contributed by atoms with E-state index in [2.05, 4.69) is 18.3 Å². The lowest BCUT2D eigenvalue weighted by molar-refractivity contribution is 0.0280. The van der Waals surface area contributed by atoms with E-state index in [-0.39, 0.29) is 0 Å². The number of rotatable bonds is 5. The molecule has 0 fully saturated rings. The van der Waals surface area contributed by atoms with Crippen LogP contribution in [0, 0.1) is 0 Å². The van der Waals surface area contributed by atoms with Crippen molar-refractivity contribution in [2.24, 2.45) is 0 Å². The second-order valence-corrected chi connectivity index (χ2v) is 5.93. The molecule has 106 valence electrons. The van der Waals surface area contributed by atoms with Gasteiger partial charge in [0.05, 0.1) is 5.60 Å². The van der Waals surface area contributed by atoms with Crippen LogP contribution >= 0.6 is 0 Å². The number of nitrogens with one attached hydrogen (secondary N) is 1. The summed E-state index contributed by atoms with van der Waals surface area (Å²) in [6.07, 6.45) is 3.45. The number of ether oxygens (including phenoxy) is 1. The van der Waals surface area contributed by atoms with Gasteiger partial charge in [-0.2, -0.15) is 0 Å². The zero-order valence-corrected chi connectivity index (χ0v) is 12.2. The molecule has 2 N–H and O–H groups in total. The highest BCUT2D eigenvalue weighted by molar-refractivity contribution is 5.43. The molecule has 3 nitrogen and oxygen atoms in total. The minimum atomic E-state index is -0.793. The van der Waals surface area contributed by atoms with Crippen molar-refractivity contribution in [3.63, 3.8) is 0 Å². The molecular weight excluding hydrogens is 238 g/mol. The lowest BCUT2D eigenvalue weighted by Gasteiger charge is -2.28. The van der Waals surface area contributed by atoms with E-state index in [4.69, 9.17) is 4.74 Å². The third-order valence-corrected chi connectivity index (χ3v) is 3.50. The van der Waals surface area contributed by atoms with E-state index in [9.17, 15) is 5.11 Å². The first kappa shape index (κ1) is 14.4. The Bertz CT molecular complexity index is 423. The number of fused-ring (bicyclic) bond motifs is 1. The summed E-state index contributed by atoms with van der Waals surface area (Å²) in [5, 5.41) is 13.3. The molecule has 0 saturated heterocycles. The fourth-order valence-corrected chi connectivity index (χ4v) is 2.66. The highest BCUT2D eigenvalue weighted by Gasteiger charge is 2.23. The van der Waals surface area contributed by atoms with Crippen LogP contribution in [0.5, 0.6) is 5.75 Å². The summed E-state index contributed by atoms with van der Waals surface area (Å²) in [5.41, 5.74) is 1.88. The Labute approximate surface area is 116 Å². The Morgan fingerprint density at radius 3 is 2.89 bits per heavy atom. The molecule has 0 heterocycles. The van der Waals surface area contributed by atoms with Crippen LogP contribution in [0.25, 0.3) is 0 Å². The zero-order valence-electron chi connectivity index (χ0n) is 12.2. The first-order valence-corrected chi connectivity index (χ1v) is 7.21. The average molecular weight is 263 g/mol. The monoisotopic (exact) mass is 263 g/mol. The summed E-state index contributed by atoms with van der Waals surface area (Å²) in [6.45, 7) is 6.99. The molecule has 0 radical (unpaired) electrons. The number of aliphatic hydroxyl groups is 1. The van der Waals surface area contributed by atoms with E-state index in [1.54, 1.807) is 13.8 Å². The van der Waals surface area contributed by atoms with Crippen LogP contribution in [-0.4, -0.2) is 23.9 Å². The molecule has 0 bridgehead atoms. The van der Waals surface area contributed by atoms with Gasteiger partial charge in [-0.05, 0) is 56.8 Å². The van der Waals surface area contributed by atoms with Gasteiger partial charge in [0.15, 0.2) is 0 Å². The van der Waals surface area contributed by atoms with E-state index < -0.39 is 5.60 Å². The lowest BCUT2D eigenvalue weighted by Crippen LogP contribution is -2.29. The summed E-state index contributed by atoms with van der Waals surface area (Å²) < 4.78 is 5.82. The molecule has 0 aliphatic heterocycles. The Kier molecular flexibility index (Phi) is 4.48. The quantitative estimate of drug-likeness (QED) is 0.858. The molecule has 0 spiro atoms. The predicted octanol–water partition coefficient (Wildman–Crippen LogP) is 2.82. The van der Waals surface area contributed by atoms with E-state index >= 15 is 0 Å². The summed E-state index contributed by atoms with van der Waals surface area (Å²) >= 11 is 0. The Morgan fingerprint density at radius 2 is 2.21 bits per heavy atom. The lowest BCUT2D eigenvalue weighted by atomic mass is 9.87. The van der Waals surface area contributed by atoms with Crippen LogP contribution in [0.15, 0.2) is 18.2 Å². The van der Waals surface area contributed by atoms with Crippen molar-refractivity contribution >= 4 is 0 Å². The van der Waals surface area contributed by atoms with Crippen LogP contribution in [0.1, 0.15) is 50.8 Å². The summed E-state index contributed by atoms with van der Waals surface area (Å²) in [5.74, 6) is 0.933. The van der Waals surface area contributed by atoms with Crippen molar-refractivity contribution < 1.29 is 9.84 Å². The second-order valence-electron chi connectivity index (χ2n) is 5.93. The molecule has 3 heteroatoms. The van der Waals surface area contributed by atoms with Gasteiger partial charge in [-0.1, -0.05) is 19.1 Å². The molecule has 2 rings (SSSR count). The second kappa shape index (κ2) is 5.93. The molecule has 1 aliphatic carbocycles. The first-order valence-electron chi connectivity index (χ1n) is 7.21. The fourth-order valence-electron chi connectivity index (χ4n) is 2.66. The fraction of sp³-hybridized carbons (Fsp3) is 0.625. The van der Waals surface area contributed by atoms with Crippen molar-refractivity contribution in [2.75, 3.05) is 13.2 Å². The summed E-state index contributed by atoms with van der Waals surface area (Å²) in [7, 11) is 0. The maximum Gasteiger partial charge on any atom is 0.122 e. The van der Waals surface area contributed by atoms with Gasteiger partial charge in [0.25, 0.3) is 0 Å². The normalized spacial score (nSPS) is 19.1. The minimum Gasteiger partial charge on any atom is -0.490 e. The van der Waals surface area contributed by atoms with Gasteiger partial charge in [-0.3, -0.25) is 0 Å². The van der Waals surface area contributed by atoms with Gasteiger partial charge in [-0.15, -0.1) is 0 Å². The van der Waals surface area contributed by atoms with Gasteiger partial charge in [0, 0.05) is 6.04 Å². The molecular formula is C16H25NO2. The molecule has 1 aromatic rings. The first-order chi connectivity index (χ1) is 9.01. The molecule has 1 aromatic carbocycles. The van der Waals surface area contributed by atoms with Gasteiger partial charge in [0.2, 0.25) is 0 Å². The molecule has 0 saturated carbocycles. The van der Waals surface area contributed by atoms with Crippen LogP contribution in [0.3, 0.4) is 0 Å². The predicted molar refractivity (Wildman–Crippen MR) is 77.6 cm³/mol. The van der Waals surface area contributed by atoms with Gasteiger partial charge >= 0.3 is 0 Å². The molecule has 1 aliphatic rings. The van der Waals surface area contributed by atoms with Crippen molar-refractivity contribution in [1.82, 2.24) is 5.32 Å². The zero-order chi connectivity index (χ0) is 13.9. The molecule has 1 atom stereocenters. The largest absolute Gasteiger partial charge is 0.490 e. The molecule has 19 heavy (non-hydrogen) atoms. The summed E-state index contributed by atoms with van der Waals surface area (Å²) in [6, 6.07) is 6.70. The van der Waals surface area contributed by atoms with Gasteiger partial charge in [0.1, 0.15) is 12.4 Å². The van der Waals surface area contributed by atoms with E-state index in [1.807, 2.05) is 12.1 Å². The van der Waals surface area contributed by atoms with E-state index in [0.717, 1.165) is 18.7 Å². The number of benzene rings is 1. The van der Waals surface area contributed by atoms with Crippen LogP contribution in [-0.2, 0) is 6.42 Å². The van der Waals surface area contributed by atoms with Gasteiger partial charge in [-0.25, -0.2) is 0 Å². The summed E-state index contributed by atoms with van der Waals surface area (Å²) in [4.78, 5) is 0. The maximum atomic E-state index is 9.78. The van der Waals surface area contributed by atoms with Crippen molar-refractivity contribution in [1.29, 1.82) is 0 Å². The highest BCUT2D eigenvalue weighted by atomic mass is 16.5. The third-order valence-electron chi connectivity index (χ3n) is 3.50. The standard InChI is InChI=1S/C16H25NO2/c1-4-17-14-9-5-8-13-12(14)7-6-10-15(13)19-11-16(2,3)18/h6-7,10,14,17-18H,4-5,8-9,11H2,1-3H3. The molecule has 1 unspecified atom stereocenters. The van der Waals surface area contributed by atoms with Gasteiger partial charge < -0.3 is 15.2 Å². The van der Waals surface area contributed by atoms with E-state index in [1.165, 1.54) is 24.0 Å². The topological polar surface area (TPSA) is 41.5 Å². The van der Waals surface area contributed by atoms with Crippen molar-refractivity contribution in [3.8, 4) is 5.75 Å². The van der Waals surface area contributed by atoms with Crippen molar-refractivity contribution in [2.45, 2.75) is 51.7 Å². The highest BCUT2D eigenvalue weighted by Crippen LogP contribution is 2.35. The Morgan fingerprint density at radius 1 is 1.42 bits per heavy atom. The third kappa shape index (κ3) is 3.71. The maximum absolute atomic E-state index is 9.78. The molecule has 0 aromatic heterocycles. The number of hydrogen-bond donors (Lipinski definition) is 2. The Balaban J connectivity index is 2.20. The van der Waals surface area contributed by atoms with Crippen LogP contribution in [0.2, 0.25) is 0 Å². The average Bonchev–Trinajstić information content (AvgIpc) is 2.36. The van der Waals surface area contributed by atoms with Crippen molar-refractivity contribution in [3.05, 3.63) is 29.3 Å². The SMILES string of the molecule is CCNC1CCCc2c(OCC(C)(C)O)cccc21. The van der Waals surface area contributed by atoms with Crippen LogP contribution < -0.4 is 10.1 Å². The molecule has 0 amide bonds.